The van der Waals surface area contributed by atoms with Gasteiger partial charge in [0.05, 0.1) is 29.9 Å². The molecule has 1 aromatic heterocycles. The average molecular weight is 397 g/mol. The van der Waals surface area contributed by atoms with Crippen LogP contribution < -0.4 is 15.4 Å². The van der Waals surface area contributed by atoms with Crippen LogP contribution in [0.5, 0.6) is 5.75 Å². The molecule has 3 aromatic rings. The summed E-state index contributed by atoms with van der Waals surface area (Å²) in [5.74, 6) is 0.414. The van der Waals surface area contributed by atoms with Crippen LogP contribution in [0.15, 0.2) is 54.6 Å². The van der Waals surface area contributed by atoms with Gasteiger partial charge in [0.2, 0.25) is 11.8 Å². The second kappa shape index (κ2) is 7.36. The Balaban J connectivity index is 1.65. The van der Waals surface area contributed by atoms with E-state index in [0.717, 1.165) is 5.56 Å². The zero-order valence-corrected chi connectivity index (χ0v) is 15.7. The van der Waals surface area contributed by atoms with Crippen molar-refractivity contribution in [3.05, 3.63) is 59.6 Å². The van der Waals surface area contributed by atoms with Crippen LogP contribution in [-0.4, -0.2) is 28.7 Å². The number of aromatic nitrogens is 2. The van der Waals surface area contributed by atoms with E-state index in [1.807, 2.05) is 30.3 Å². The first-order valence-electron chi connectivity index (χ1n) is 8.64. The van der Waals surface area contributed by atoms with E-state index in [0.29, 0.717) is 28.0 Å². The molecule has 1 aliphatic rings. The van der Waals surface area contributed by atoms with E-state index in [9.17, 15) is 9.59 Å². The summed E-state index contributed by atoms with van der Waals surface area (Å²) >= 11 is 6.18. The van der Waals surface area contributed by atoms with Gasteiger partial charge in [-0.05, 0) is 12.1 Å². The predicted molar refractivity (Wildman–Crippen MR) is 107 cm³/mol. The van der Waals surface area contributed by atoms with Crippen molar-refractivity contribution in [2.24, 2.45) is 0 Å². The summed E-state index contributed by atoms with van der Waals surface area (Å²) in [5, 5.41) is 10.5. The number of carbonyl (C=O) groups is 2. The Hall–Kier alpha value is -3.32. The molecule has 0 spiro atoms. The first kappa shape index (κ1) is 18.1. The monoisotopic (exact) mass is 396 g/mol. The highest BCUT2D eigenvalue weighted by Crippen LogP contribution is 2.32. The SMILES string of the molecule is COc1ccc(Cl)c(NC(=O)[C@H]2CC(=O)Nc3cc(-c4ccccc4)nn32)c1. The molecule has 142 valence electrons. The number of carbonyl (C=O) groups excluding carboxylic acids is 2. The fourth-order valence-corrected chi connectivity index (χ4v) is 3.24. The summed E-state index contributed by atoms with van der Waals surface area (Å²) in [4.78, 5) is 25.0. The smallest absolute Gasteiger partial charge is 0.249 e. The lowest BCUT2D eigenvalue weighted by Gasteiger charge is -2.24. The molecular formula is C20H17ClN4O3. The van der Waals surface area contributed by atoms with Crippen molar-refractivity contribution in [2.75, 3.05) is 17.7 Å². The van der Waals surface area contributed by atoms with Gasteiger partial charge in [-0.15, -0.1) is 0 Å². The molecule has 0 saturated carbocycles. The van der Waals surface area contributed by atoms with Crippen LogP contribution in [0, 0.1) is 0 Å². The van der Waals surface area contributed by atoms with E-state index in [1.165, 1.54) is 11.8 Å². The van der Waals surface area contributed by atoms with Crippen molar-refractivity contribution in [1.29, 1.82) is 0 Å². The van der Waals surface area contributed by atoms with E-state index in [-0.39, 0.29) is 18.2 Å². The van der Waals surface area contributed by atoms with Gasteiger partial charge in [-0.2, -0.15) is 5.10 Å². The minimum atomic E-state index is -0.788. The van der Waals surface area contributed by atoms with Crippen molar-refractivity contribution in [1.82, 2.24) is 9.78 Å². The maximum absolute atomic E-state index is 12.9. The van der Waals surface area contributed by atoms with Crippen LogP contribution in [0.25, 0.3) is 11.3 Å². The summed E-state index contributed by atoms with van der Waals surface area (Å²) in [6, 6.07) is 15.5. The largest absolute Gasteiger partial charge is 0.497 e. The molecule has 8 heteroatoms. The summed E-state index contributed by atoms with van der Waals surface area (Å²) in [6.45, 7) is 0. The lowest BCUT2D eigenvalue weighted by Crippen LogP contribution is -2.35. The highest BCUT2D eigenvalue weighted by atomic mass is 35.5. The number of nitrogens with one attached hydrogen (secondary N) is 2. The molecule has 4 rings (SSSR count). The Morgan fingerprint density at radius 2 is 2.04 bits per heavy atom. The fourth-order valence-electron chi connectivity index (χ4n) is 3.08. The molecule has 0 saturated heterocycles. The minimum absolute atomic E-state index is 0.0175. The van der Waals surface area contributed by atoms with Crippen LogP contribution in [0.1, 0.15) is 12.5 Å². The number of rotatable bonds is 4. The number of anilines is 2. The zero-order valence-electron chi connectivity index (χ0n) is 15.0. The van der Waals surface area contributed by atoms with Gasteiger partial charge in [-0.1, -0.05) is 41.9 Å². The maximum atomic E-state index is 12.9. The molecule has 2 N–H and O–H groups in total. The van der Waals surface area contributed by atoms with Gasteiger partial charge in [0.25, 0.3) is 0 Å². The number of methoxy groups -OCH3 is 1. The van der Waals surface area contributed by atoms with E-state index in [4.69, 9.17) is 16.3 Å². The molecule has 0 radical (unpaired) electrons. The molecule has 0 fully saturated rings. The van der Waals surface area contributed by atoms with Gasteiger partial charge in [0, 0.05) is 17.7 Å². The van der Waals surface area contributed by atoms with Gasteiger partial charge in [-0.25, -0.2) is 4.68 Å². The molecule has 0 bridgehead atoms. The summed E-state index contributed by atoms with van der Waals surface area (Å²) < 4.78 is 6.71. The number of benzene rings is 2. The number of nitrogens with zero attached hydrogens (tertiary/aromatic N) is 2. The molecule has 1 atom stereocenters. The Labute approximate surface area is 166 Å². The Bertz CT molecular complexity index is 1050. The topological polar surface area (TPSA) is 85.2 Å². The van der Waals surface area contributed by atoms with Gasteiger partial charge < -0.3 is 15.4 Å². The molecular weight excluding hydrogens is 380 g/mol. The zero-order chi connectivity index (χ0) is 19.7. The summed E-state index contributed by atoms with van der Waals surface area (Å²) in [7, 11) is 1.53. The van der Waals surface area contributed by atoms with Crippen molar-refractivity contribution < 1.29 is 14.3 Å². The molecule has 2 aromatic carbocycles. The second-order valence-corrected chi connectivity index (χ2v) is 6.74. The van der Waals surface area contributed by atoms with Crippen molar-refractivity contribution in [2.45, 2.75) is 12.5 Å². The number of halogens is 1. The molecule has 2 amide bonds. The molecule has 0 unspecified atom stereocenters. The quantitative estimate of drug-likeness (QED) is 0.703. The first-order chi connectivity index (χ1) is 13.5. The van der Waals surface area contributed by atoms with E-state index in [2.05, 4.69) is 15.7 Å². The highest BCUT2D eigenvalue weighted by Gasteiger charge is 2.32. The second-order valence-electron chi connectivity index (χ2n) is 6.33. The molecule has 28 heavy (non-hydrogen) atoms. The van der Waals surface area contributed by atoms with Gasteiger partial charge >= 0.3 is 0 Å². The third-order valence-corrected chi connectivity index (χ3v) is 4.81. The third-order valence-electron chi connectivity index (χ3n) is 4.48. The molecule has 2 heterocycles. The van der Waals surface area contributed by atoms with Crippen molar-refractivity contribution in [3.8, 4) is 17.0 Å². The Kier molecular flexibility index (Phi) is 4.75. The normalized spacial score (nSPS) is 15.5. The Morgan fingerprint density at radius 1 is 1.25 bits per heavy atom. The fraction of sp³-hybridized carbons (Fsp3) is 0.150. The number of hydrogen-bond acceptors (Lipinski definition) is 4. The third kappa shape index (κ3) is 3.44. The van der Waals surface area contributed by atoms with Gasteiger partial charge in [0.1, 0.15) is 17.6 Å². The van der Waals surface area contributed by atoms with Gasteiger partial charge in [0.15, 0.2) is 0 Å². The number of ether oxygens (including phenoxy) is 1. The summed E-state index contributed by atoms with van der Waals surface area (Å²) in [6.07, 6.45) is -0.0175. The van der Waals surface area contributed by atoms with E-state index < -0.39 is 6.04 Å². The van der Waals surface area contributed by atoms with Crippen LogP contribution in [-0.2, 0) is 9.59 Å². The van der Waals surface area contributed by atoms with Crippen LogP contribution in [0.4, 0.5) is 11.5 Å². The molecule has 7 nitrogen and oxygen atoms in total. The van der Waals surface area contributed by atoms with Crippen molar-refractivity contribution >= 4 is 34.9 Å². The average Bonchev–Trinajstić information content (AvgIpc) is 3.13. The minimum Gasteiger partial charge on any atom is -0.497 e. The standard InChI is InChI=1S/C20H17ClN4O3/c1-28-13-7-8-14(21)16(9-13)22-20(27)17-11-19(26)23-18-10-15(24-25(17)18)12-5-3-2-4-6-12/h2-10,17H,11H2,1H3,(H,22,27)(H,23,26)/t17-/m1/s1. The van der Waals surface area contributed by atoms with Crippen LogP contribution >= 0.6 is 11.6 Å². The van der Waals surface area contributed by atoms with Crippen LogP contribution in [0.3, 0.4) is 0 Å². The van der Waals surface area contributed by atoms with E-state index >= 15 is 0 Å². The highest BCUT2D eigenvalue weighted by molar-refractivity contribution is 6.33. The lowest BCUT2D eigenvalue weighted by atomic mass is 10.1. The first-order valence-corrected chi connectivity index (χ1v) is 9.02. The number of hydrogen-bond donors (Lipinski definition) is 2. The number of fused-ring (bicyclic) bond motifs is 1. The lowest BCUT2D eigenvalue weighted by molar-refractivity contribution is -0.125. The number of amides is 2. The predicted octanol–water partition coefficient (Wildman–Crippen LogP) is 3.73. The molecule has 1 aliphatic heterocycles. The van der Waals surface area contributed by atoms with Gasteiger partial charge in [-0.3, -0.25) is 9.59 Å². The molecule has 0 aliphatic carbocycles. The van der Waals surface area contributed by atoms with Crippen molar-refractivity contribution in [3.63, 3.8) is 0 Å². The Morgan fingerprint density at radius 3 is 2.79 bits per heavy atom. The van der Waals surface area contributed by atoms with Crippen LogP contribution in [0.2, 0.25) is 5.02 Å². The maximum Gasteiger partial charge on any atom is 0.249 e. The van der Waals surface area contributed by atoms with E-state index in [1.54, 1.807) is 24.3 Å². The summed E-state index contributed by atoms with van der Waals surface area (Å²) in [5.41, 5.74) is 1.98.